The second-order valence-electron chi connectivity index (χ2n) is 5.68. The van der Waals surface area contributed by atoms with Gasteiger partial charge in [-0.2, -0.15) is 0 Å². The monoisotopic (exact) mass is 306 g/mol. The van der Waals surface area contributed by atoms with Gasteiger partial charge >= 0.3 is 5.97 Å². The number of phenols is 1. The molecule has 5 nitrogen and oxygen atoms in total. The van der Waals surface area contributed by atoms with E-state index < -0.39 is 5.97 Å². The zero-order chi connectivity index (χ0) is 16.1. The maximum Gasteiger partial charge on any atom is 0.342 e. The van der Waals surface area contributed by atoms with Crippen LogP contribution in [0.1, 0.15) is 54.9 Å². The van der Waals surface area contributed by atoms with Gasteiger partial charge in [0.15, 0.2) is 0 Å². The van der Waals surface area contributed by atoms with E-state index >= 15 is 0 Å². The third-order valence-electron chi connectivity index (χ3n) is 3.88. The highest BCUT2D eigenvalue weighted by Gasteiger charge is 2.23. The number of carbonyl (C=O) groups is 2. The zero-order valence-corrected chi connectivity index (χ0v) is 13.1. The first kappa shape index (κ1) is 16.3. The van der Waals surface area contributed by atoms with Gasteiger partial charge in [0.05, 0.1) is 13.2 Å². The zero-order valence-electron chi connectivity index (χ0n) is 13.1. The molecule has 0 fully saturated rings. The molecule has 22 heavy (non-hydrogen) atoms. The third-order valence-corrected chi connectivity index (χ3v) is 3.88. The van der Waals surface area contributed by atoms with E-state index in [9.17, 15) is 14.7 Å². The number of hydrogen-bond donors (Lipinski definition) is 1. The Hall–Kier alpha value is -2.04. The molecule has 0 saturated carbocycles. The summed E-state index contributed by atoms with van der Waals surface area (Å²) in [6.07, 6.45) is 3.33. The quantitative estimate of drug-likeness (QED) is 0.807. The number of aryl methyl sites for hydroxylation is 1. The van der Waals surface area contributed by atoms with Gasteiger partial charge in [0.1, 0.15) is 22.8 Å². The van der Waals surface area contributed by atoms with Crippen LogP contribution >= 0.6 is 0 Å². The van der Waals surface area contributed by atoms with Crippen LogP contribution in [0.25, 0.3) is 0 Å². The number of benzene rings is 1. The van der Waals surface area contributed by atoms with Crippen LogP contribution in [0.5, 0.6) is 11.5 Å². The second-order valence-corrected chi connectivity index (χ2v) is 5.68. The molecule has 1 heterocycles. The number of carbonyl (C=O) groups excluding carboxylic acids is 2. The molecule has 120 valence electrons. The van der Waals surface area contributed by atoms with Crippen LogP contribution in [0.4, 0.5) is 0 Å². The highest BCUT2D eigenvalue weighted by Crippen LogP contribution is 2.31. The van der Waals surface area contributed by atoms with Crippen molar-refractivity contribution in [3.8, 4) is 11.5 Å². The Morgan fingerprint density at radius 1 is 1.18 bits per heavy atom. The minimum atomic E-state index is -0.465. The number of phenolic OH excluding ortho intramolecular Hbond substituents is 1. The molecule has 0 saturated heterocycles. The van der Waals surface area contributed by atoms with E-state index in [4.69, 9.17) is 9.47 Å². The molecule has 0 amide bonds. The standard InChI is InChI=1S/C17H22O5/c1-11-7-8-13(18)6-4-3-5-12-9-14(19)10-15(21-2)16(12)17(20)22-11/h9-11,19H,3-8H2,1-2H3/t11-/m1/s1. The molecule has 0 spiro atoms. The maximum absolute atomic E-state index is 12.4. The van der Waals surface area contributed by atoms with Gasteiger partial charge in [-0.1, -0.05) is 0 Å². The summed E-state index contributed by atoms with van der Waals surface area (Å²) < 4.78 is 10.7. The third kappa shape index (κ3) is 4.00. The predicted octanol–water partition coefficient (Wildman–Crippen LogP) is 3.02. The van der Waals surface area contributed by atoms with Crippen molar-refractivity contribution in [2.24, 2.45) is 0 Å². The van der Waals surface area contributed by atoms with E-state index in [-0.39, 0.29) is 17.6 Å². The van der Waals surface area contributed by atoms with Crippen LogP contribution in [-0.4, -0.2) is 30.1 Å². The Bertz CT molecular complexity index is 564. The first-order valence-corrected chi connectivity index (χ1v) is 7.64. The van der Waals surface area contributed by atoms with Gasteiger partial charge in [0.2, 0.25) is 0 Å². The summed E-state index contributed by atoms with van der Waals surface area (Å²) >= 11 is 0. The van der Waals surface area contributed by atoms with E-state index in [1.807, 2.05) is 0 Å². The molecule has 1 aromatic rings. The van der Waals surface area contributed by atoms with E-state index in [1.165, 1.54) is 13.2 Å². The lowest BCUT2D eigenvalue weighted by Gasteiger charge is -2.18. The molecule has 1 aliphatic heterocycles. The van der Waals surface area contributed by atoms with Crippen molar-refractivity contribution in [1.82, 2.24) is 0 Å². The molecule has 5 heteroatoms. The van der Waals surface area contributed by atoms with Crippen molar-refractivity contribution in [2.75, 3.05) is 7.11 Å². The van der Waals surface area contributed by atoms with Crippen molar-refractivity contribution >= 4 is 11.8 Å². The summed E-state index contributed by atoms with van der Waals surface area (Å²) in [7, 11) is 1.46. The molecule has 2 rings (SSSR count). The molecule has 1 aromatic carbocycles. The lowest BCUT2D eigenvalue weighted by atomic mass is 9.98. The highest BCUT2D eigenvalue weighted by molar-refractivity contribution is 5.94. The predicted molar refractivity (Wildman–Crippen MR) is 81.3 cm³/mol. The van der Waals surface area contributed by atoms with Crippen LogP contribution in [0, 0.1) is 0 Å². The number of fused-ring (bicyclic) bond motifs is 1. The maximum atomic E-state index is 12.4. The molecule has 1 N–H and O–H groups in total. The van der Waals surface area contributed by atoms with Gasteiger partial charge in [0, 0.05) is 18.9 Å². The fourth-order valence-electron chi connectivity index (χ4n) is 2.67. The number of Topliss-reactive ketones (excluding diaryl/α,β-unsaturated/α-hetero) is 1. The molecular formula is C17H22O5. The lowest BCUT2D eigenvalue weighted by Crippen LogP contribution is -2.19. The van der Waals surface area contributed by atoms with E-state index in [0.717, 1.165) is 12.8 Å². The Balaban J connectivity index is 2.36. The minimum Gasteiger partial charge on any atom is -0.508 e. The van der Waals surface area contributed by atoms with E-state index in [0.29, 0.717) is 42.6 Å². The highest BCUT2D eigenvalue weighted by atomic mass is 16.5. The van der Waals surface area contributed by atoms with E-state index in [2.05, 4.69) is 0 Å². The van der Waals surface area contributed by atoms with Crippen molar-refractivity contribution in [2.45, 2.75) is 51.6 Å². The van der Waals surface area contributed by atoms with Crippen molar-refractivity contribution in [3.05, 3.63) is 23.3 Å². The average molecular weight is 306 g/mol. The summed E-state index contributed by atoms with van der Waals surface area (Å²) in [6.45, 7) is 1.78. The molecule has 0 radical (unpaired) electrons. The van der Waals surface area contributed by atoms with Crippen LogP contribution in [0.2, 0.25) is 0 Å². The number of cyclic esters (lactones) is 1. The van der Waals surface area contributed by atoms with Gasteiger partial charge in [-0.15, -0.1) is 0 Å². The molecule has 0 aromatic heterocycles. The van der Waals surface area contributed by atoms with Crippen molar-refractivity contribution in [1.29, 1.82) is 0 Å². The Morgan fingerprint density at radius 2 is 1.91 bits per heavy atom. The molecule has 1 aliphatic rings. The molecule has 1 atom stereocenters. The number of ether oxygens (including phenoxy) is 2. The SMILES string of the molecule is COc1cc(O)cc2c1C(=O)O[C@H](C)CCC(=O)CCCC2. The number of ketones is 1. The second kappa shape index (κ2) is 7.29. The number of hydrogen-bond acceptors (Lipinski definition) is 5. The fourth-order valence-corrected chi connectivity index (χ4v) is 2.67. The first-order chi connectivity index (χ1) is 10.5. The summed E-state index contributed by atoms with van der Waals surface area (Å²) in [5.41, 5.74) is 1.07. The Morgan fingerprint density at radius 3 is 2.64 bits per heavy atom. The van der Waals surface area contributed by atoms with Crippen molar-refractivity contribution < 1.29 is 24.2 Å². The summed E-state index contributed by atoms with van der Waals surface area (Å²) in [5.74, 6) is 0.115. The van der Waals surface area contributed by atoms with E-state index in [1.54, 1.807) is 13.0 Å². The minimum absolute atomic E-state index is 0.0552. The van der Waals surface area contributed by atoms with Crippen LogP contribution in [-0.2, 0) is 16.0 Å². The summed E-state index contributed by atoms with van der Waals surface area (Å²) in [6, 6.07) is 2.98. The van der Waals surface area contributed by atoms with Crippen molar-refractivity contribution in [3.63, 3.8) is 0 Å². The van der Waals surface area contributed by atoms with Crippen LogP contribution in [0.3, 0.4) is 0 Å². The number of esters is 1. The molecule has 0 bridgehead atoms. The molecule has 0 aliphatic carbocycles. The number of methoxy groups -OCH3 is 1. The Kier molecular flexibility index (Phi) is 5.41. The smallest absolute Gasteiger partial charge is 0.342 e. The topological polar surface area (TPSA) is 72.8 Å². The van der Waals surface area contributed by atoms with Gasteiger partial charge in [-0.25, -0.2) is 4.79 Å². The molecule has 0 unspecified atom stereocenters. The number of aromatic hydroxyl groups is 1. The summed E-state index contributed by atoms with van der Waals surface area (Å²) in [5, 5.41) is 9.78. The molecular weight excluding hydrogens is 284 g/mol. The van der Waals surface area contributed by atoms with Gasteiger partial charge in [-0.05, 0) is 44.2 Å². The van der Waals surface area contributed by atoms with Crippen LogP contribution in [0.15, 0.2) is 12.1 Å². The largest absolute Gasteiger partial charge is 0.508 e. The average Bonchev–Trinajstić information content (AvgIpc) is 2.47. The number of rotatable bonds is 1. The van der Waals surface area contributed by atoms with Gasteiger partial charge in [0.25, 0.3) is 0 Å². The first-order valence-electron chi connectivity index (χ1n) is 7.64. The fraction of sp³-hybridized carbons (Fsp3) is 0.529. The van der Waals surface area contributed by atoms with Gasteiger partial charge < -0.3 is 14.6 Å². The Labute approximate surface area is 130 Å². The lowest BCUT2D eigenvalue weighted by molar-refractivity contribution is -0.119. The summed E-state index contributed by atoms with van der Waals surface area (Å²) in [4.78, 5) is 24.2. The van der Waals surface area contributed by atoms with Gasteiger partial charge in [-0.3, -0.25) is 4.79 Å². The van der Waals surface area contributed by atoms with Crippen LogP contribution < -0.4 is 4.74 Å². The normalized spacial score (nSPS) is 20.4.